The number of amides is 2. The first kappa shape index (κ1) is 18.0. The standard InChI is InChI=1S/C15H12Cl2FN3O3/c1-7-3-2-4-9(14(22)23)11(7)20-15(24)19-6-8-5-10(18)13(17)21-12(8)16/h2-5H,6H2,1H3,(H,22,23)(H2,19,20,24). The highest BCUT2D eigenvalue weighted by molar-refractivity contribution is 6.32. The van der Waals surface area contributed by atoms with Crippen molar-refractivity contribution in [1.82, 2.24) is 10.3 Å². The first-order valence-electron chi connectivity index (χ1n) is 6.67. The van der Waals surface area contributed by atoms with Crippen molar-refractivity contribution in [3.63, 3.8) is 0 Å². The zero-order chi connectivity index (χ0) is 17.9. The van der Waals surface area contributed by atoms with E-state index in [0.717, 1.165) is 6.07 Å². The zero-order valence-corrected chi connectivity index (χ0v) is 13.9. The number of hydrogen-bond acceptors (Lipinski definition) is 3. The minimum Gasteiger partial charge on any atom is -0.478 e. The first-order valence-corrected chi connectivity index (χ1v) is 7.43. The van der Waals surface area contributed by atoms with E-state index in [1.165, 1.54) is 6.07 Å². The van der Waals surface area contributed by atoms with E-state index in [9.17, 15) is 14.0 Å². The van der Waals surface area contributed by atoms with Gasteiger partial charge in [-0.05, 0) is 24.6 Å². The summed E-state index contributed by atoms with van der Waals surface area (Å²) in [6.07, 6.45) is 0. The van der Waals surface area contributed by atoms with E-state index < -0.39 is 17.8 Å². The molecule has 2 aromatic rings. The average molecular weight is 372 g/mol. The van der Waals surface area contributed by atoms with Crippen LogP contribution in [0.25, 0.3) is 0 Å². The molecule has 0 atom stereocenters. The van der Waals surface area contributed by atoms with E-state index in [-0.39, 0.29) is 33.7 Å². The summed E-state index contributed by atoms with van der Waals surface area (Å²) in [6.45, 7) is 1.55. The van der Waals surface area contributed by atoms with Gasteiger partial charge in [-0.1, -0.05) is 35.3 Å². The number of carboxylic acid groups (broad SMARTS) is 1. The lowest BCUT2D eigenvalue weighted by Gasteiger charge is -2.13. The highest BCUT2D eigenvalue weighted by Gasteiger charge is 2.15. The lowest BCUT2D eigenvalue weighted by molar-refractivity contribution is 0.0698. The molecule has 126 valence electrons. The Balaban J connectivity index is 2.10. The molecule has 24 heavy (non-hydrogen) atoms. The molecule has 3 N–H and O–H groups in total. The van der Waals surface area contributed by atoms with Crippen LogP contribution in [0.15, 0.2) is 24.3 Å². The summed E-state index contributed by atoms with van der Waals surface area (Å²) in [4.78, 5) is 26.8. The molecule has 2 rings (SSSR count). The zero-order valence-electron chi connectivity index (χ0n) is 12.4. The summed E-state index contributed by atoms with van der Waals surface area (Å²) in [5.74, 6) is -1.92. The summed E-state index contributed by atoms with van der Waals surface area (Å²) < 4.78 is 13.4. The quantitative estimate of drug-likeness (QED) is 0.711. The van der Waals surface area contributed by atoms with Crippen LogP contribution in [-0.2, 0) is 6.54 Å². The monoisotopic (exact) mass is 371 g/mol. The van der Waals surface area contributed by atoms with E-state index in [1.807, 2.05) is 0 Å². The number of hydrogen-bond donors (Lipinski definition) is 3. The van der Waals surface area contributed by atoms with Gasteiger partial charge in [0.15, 0.2) is 11.0 Å². The number of benzene rings is 1. The van der Waals surface area contributed by atoms with Gasteiger partial charge in [-0.25, -0.2) is 19.0 Å². The van der Waals surface area contributed by atoms with Crippen LogP contribution in [0.1, 0.15) is 21.5 Å². The molecule has 9 heteroatoms. The number of urea groups is 1. The number of rotatable bonds is 4. The Hall–Kier alpha value is -2.38. The van der Waals surface area contributed by atoms with Crippen molar-refractivity contribution in [1.29, 1.82) is 0 Å². The summed E-state index contributed by atoms with van der Waals surface area (Å²) >= 11 is 11.3. The second-order valence-corrected chi connectivity index (χ2v) is 5.54. The van der Waals surface area contributed by atoms with Crippen LogP contribution < -0.4 is 10.6 Å². The molecule has 0 saturated carbocycles. The van der Waals surface area contributed by atoms with E-state index >= 15 is 0 Å². The van der Waals surface area contributed by atoms with Gasteiger partial charge in [-0.15, -0.1) is 0 Å². The Bertz CT molecular complexity index is 815. The molecule has 0 aliphatic rings. The third-order valence-corrected chi connectivity index (χ3v) is 3.73. The lowest BCUT2D eigenvalue weighted by atomic mass is 10.1. The number of pyridine rings is 1. The lowest BCUT2D eigenvalue weighted by Crippen LogP contribution is -2.29. The minimum atomic E-state index is -1.17. The van der Waals surface area contributed by atoms with Crippen LogP contribution in [0.4, 0.5) is 14.9 Å². The number of carbonyl (C=O) groups is 2. The number of nitrogens with one attached hydrogen (secondary N) is 2. The summed E-state index contributed by atoms with van der Waals surface area (Å²) in [7, 11) is 0. The van der Waals surface area contributed by atoms with Crippen molar-refractivity contribution in [2.75, 3.05) is 5.32 Å². The topological polar surface area (TPSA) is 91.3 Å². The molecule has 2 amide bonds. The largest absolute Gasteiger partial charge is 0.478 e. The van der Waals surface area contributed by atoms with Crippen molar-refractivity contribution in [3.05, 3.63) is 57.1 Å². The fraction of sp³-hybridized carbons (Fsp3) is 0.133. The number of nitrogens with zero attached hydrogens (tertiary/aromatic N) is 1. The highest BCUT2D eigenvalue weighted by atomic mass is 35.5. The predicted octanol–water partition coefficient (Wildman–Crippen LogP) is 3.86. The first-order chi connectivity index (χ1) is 11.3. The molecule has 6 nitrogen and oxygen atoms in total. The molecule has 0 aliphatic heterocycles. The van der Waals surface area contributed by atoms with E-state index in [0.29, 0.717) is 5.56 Å². The van der Waals surface area contributed by atoms with Crippen molar-refractivity contribution in [2.24, 2.45) is 0 Å². The van der Waals surface area contributed by atoms with Gasteiger partial charge in [0, 0.05) is 12.1 Å². The fourth-order valence-electron chi connectivity index (χ4n) is 1.95. The Morgan fingerprint density at radius 2 is 2.00 bits per heavy atom. The molecular weight excluding hydrogens is 360 g/mol. The Kier molecular flexibility index (Phi) is 5.58. The number of aromatic nitrogens is 1. The molecule has 0 saturated heterocycles. The molecule has 1 aromatic carbocycles. The summed E-state index contributed by atoms with van der Waals surface area (Å²) in [5.41, 5.74) is 0.954. The second kappa shape index (κ2) is 7.46. The number of anilines is 1. The van der Waals surface area contributed by atoms with Crippen molar-refractivity contribution in [3.8, 4) is 0 Å². The molecule has 0 fully saturated rings. The second-order valence-electron chi connectivity index (χ2n) is 4.82. The van der Waals surface area contributed by atoms with Gasteiger partial charge in [-0.2, -0.15) is 0 Å². The van der Waals surface area contributed by atoms with E-state index in [4.69, 9.17) is 28.3 Å². The molecule has 0 unspecified atom stereocenters. The number of aromatic carboxylic acids is 1. The normalized spacial score (nSPS) is 10.3. The maximum Gasteiger partial charge on any atom is 0.337 e. The van der Waals surface area contributed by atoms with E-state index in [1.54, 1.807) is 19.1 Å². The van der Waals surface area contributed by atoms with Gasteiger partial charge in [-0.3, -0.25) is 0 Å². The van der Waals surface area contributed by atoms with Crippen molar-refractivity contribution < 1.29 is 19.1 Å². The van der Waals surface area contributed by atoms with Gasteiger partial charge in [0.2, 0.25) is 0 Å². The third kappa shape index (κ3) is 4.12. The van der Waals surface area contributed by atoms with Crippen LogP contribution >= 0.6 is 23.2 Å². The van der Waals surface area contributed by atoms with Gasteiger partial charge in [0.25, 0.3) is 0 Å². The smallest absolute Gasteiger partial charge is 0.337 e. The number of carbonyl (C=O) groups excluding carboxylic acids is 1. The molecule has 1 aromatic heterocycles. The highest BCUT2D eigenvalue weighted by Crippen LogP contribution is 2.22. The SMILES string of the molecule is Cc1cccc(C(=O)O)c1NC(=O)NCc1cc(F)c(Cl)nc1Cl. The number of aryl methyl sites for hydroxylation is 1. The van der Waals surface area contributed by atoms with Gasteiger partial charge >= 0.3 is 12.0 Å². The summed E-state index contributed by atoms with van der Waals surface area (Å²) in [6, 6.07) is 5.01. The Morgan fingerprint density at radius 1 is 1.29 bits per heavy atom. The number of carboxylic acids is 1. The van der Waals surface area contributed by atoms with Crippen molar-refractivity contribution in [2.45, 2.75) is 13.5 Å². The average Bonchev–Trinajstić information content (AvgIpc) is 2.51. The molecule has 1 heterocycles. The van der Waals surface area contributed by atoms with Gasteiger partial charge < -0.3 is 15.7 Å². The van der Waals surface area contributed by atoms with Crippen LogP contribution in [0, 0.1) is 12.7 Å². The van der Waals surface area contributed by atoms with Gasteiger partial charge in [0.05, 0.1) is 11.3 Å². The molecule has 0 radical (unpaired) electrons. The molecular formula is C15H12Cl2FN3O3. The van der Waals surface area contributed by atoms with Crippen LogP contribution in [0.3, 0.4) is 0 Å². The molecule has 0 aliphatic carbocycles. The minimum absolute atomic E-state index is 0.0381. The van der Waals surface area contributed by atoms with Crippen molar-refractivity contribution >= 4 is 40.9 Å². The third-order valence-electron chi connectivity index (χ3n) is 3.14. The predicted molar refractivity (Wildman–Crippen MR) is 88.2 cm³/mol. The molecule has 0 spiro atoms. The number of para-hydroxylation sites is 1. The maximum atomic E-state index is 13.4. The Labute approximate surface area is 146 Å². The van der Waals surface area contributed by atoms with Crippen LogP contribution in [-0.4, -0.2) is 22.1 Å². The van der Waals surface area contributed by atoms with Gasteiger partial charge in [0.1, 0.15) is 5.15 Å². The fourth-order valence-corrected chi connectivity index (χ4v) is 2.34. The number of halogens is 3. The maximum absolute atomic E-state index is 13.4. The van der Waals surface area contributed by atoms with Crippen LogP contribution in [0.5, 0.6) is 0 Å². The summed E-state index contributed by atoms with van der Waals surface area (Å²) in [5, 5.41) is 13.7. The van der Waals surface area contributed by atoms with Crippen LogP contribution in [0.2, 0.25) is 10.3 Å². The molecule has 0 bridgehead atoms. The van der Waals surface area contributed by atoms with E-state index in [2.05, 4.69) is 15.6 Å². The Morgan fingerprint density at radius 3 is 2.67 bits per heavy atom.